The van der Waals surface area contributed by atoms with E-state index in [2.05, 4.69) is 268 Å². The molecule has 358 valence electrons. The zero-order valence-corrected chi connectivity index (χ0v) is 42.3. The van der Waals surface area contributed by atoms with Crippen LogP contribution in [0.25, 0.3) is 133 Å². The number of aryl methyl sites for hydroxylation is 2. The average molecular weight is 970 g/mol. The lowest BCUT2D eigenvalue weighted by Gasteiger charge is -2.18. The van der Waals surface area contributed by atoms with Gasteiger partial charge in [-0.3, -0.25) is 15.0 Å². The molecular formula is C73H51N3. The molecule has 0 aliphatic heterocycles. The Morgan fingerprint density at radius 3 is 1.14 bits per heavy atom. The van der Waals surface area contributed by atoms with Crippen molar-refractivity contribution >= 4 is 21.5 Å². The molecule has 3 heteroatoms. The molecule has 0 radical (unpaired) electrons. The van der Waals surface area contributed by atoms with Gasteiger partial charge in [0, 0.05) is 35.3 Å². The fourth-order valence-electron chi connectivity index (χ4n) is 10.8. The molecule has 0 aliphatic rings. The van der Waals surface area contributed by atoms with Crippen molar-refractivity contribution in [3.8, 4) is 112 Å². The van der Waals surface area contributed by atoms with Crippen molar-refractivity contribution in [1.82, 2.24) is 15.0 Å². The Morgan fingerprint density at radius 2 is 0.632 bits per heavy atom. The minimum Gasteiger partial charge on any atom is -0.256 e. The van der Waals surface area contributed by atoms with Crippen molar-refractivity contribution in [2.75, 3.05) is 0 Å². The fourth-order valence-corrected chi connectivity index (χ4v) is 10.8. The van der Waals surface area contributed by atoms with Gasteiger partial charge in [-0.25, -0.2) is 0 Å². The Labute approximate surface area is 444 Å². The van der Waals surface area contributed by atoms with Gasteiger partial charge in [-0.05, 0) is 179 Å². The summed E-state index contributed by atoms with van der Waals surface area (Å²) in [4.78, 5) is 14.3. The van der Waals surface area contributed by atoms with Crippen LogP contribution in [0.4, 0.5) is 0 Å². The quantitative estimate of drug-likeness (QED) is 0.128. The second kappa shape index (κ2) is 19.9. The van der Waals surface area contributed by atoms with Gasteiger partial charge >= 0.3 is 0 Å². The van der Waals surface area contributed by atoms with E-state index in [9.17, 15) is 0 Å². The van der Waals surface area contributed by atoms with Crippen LogP contribution < -0.4 is 0 Å². The summed E-state index contributed by atoms with van der Waals surface area (Å²) in [5.74, 6) is 0. The first-order valence-electron chi connectivity index (χ1n) is 25.9. The van der Waals surface area contributed by atoms with Gasteiger partial charge in [-0.2, -0.15) is 0 Å². The van der Waals surface area contributed by atoms with Crippen molar-refractivity contribution in [2.45, 2.75) is 13.8 Å². The van der Waals surface area contributed by atoms with E-state index >= 15 is 0 Å². The number of benzene rings is 10. The van der Waals surface area contributed by atoms with Crippen LogP contribution in [0.5, 0.6) is 0 Å². The number of fused-ring (bicyclic) bond motifs is 3. The number of hydrogen-bond donors (Lipinski definition) is 0. The maximum Gasteiger partial charge on any atom is 0.0708 e. The Kier molecular flexibility index (Phi) is 12.0. The van der Waals surface area contributed by atoms with E-state index in [-0.39, 0.29) is 0 Å². The first-order chi connectivity index (χ1) is 37.5. The van der Waals surface area contributed by atoms with Crippen LogP contribution in [0.15, 0.2) is 273 Å². The summed E-state index contributed by atoms with van der Waals surface area (Å²) in [5.41, 5.74) is 24.6. The zero-order valence-electron chi connectivity index (χ0n) is 42.3. The number of rotatable bonds is 10. The van der Waals surface area contributed by atoms with Gasteiger partial charge in [-0.15, -0.1) is 0 Å². The summed E-state index contributed by atoms with van der Waals surface area (Å²) < 4.78 is 0. The van der Waals surface area contributed by atoms with Crippen LogP contribution in [0.3, 0.4) is 0 Å². The van der Waals surface area contributed by atoms with Crippen molar-refractivity contribution in [3.63, 3.8) is 0 Å². The third kappa shape index (κ3) is 9.05. The molecule has 0 unspecified atom stereocenters. The third-order valence-electron chi connectivity index (χ3n) is 14.8. The van der Waals surface area contributed by atoms with E-state index in [1.165, 1.54) is 43.8 Å². The van der Waals surface area contributed by atoms with Crippen molar-refractivity contribution < 1.29 is 0 Å². The topological polar surface area (TPSA) is 38.7 Å². The Morgan fingerprint density at radius 1 is 0.224 bits per heavy atom. The highest BCUT2D eigenvalue weighted by atomic mass is 14.7. The predicted molar refractivity (Wildman–Crippen MR) is 319 cm³/mol. The molecule has 10 aromatic carbocycles. The van der Waals surface area contributed by atoms with E-state index in [0.29, 0.717) is 0 Å². The van der Waals surface area contributed by atoms with Crippen LogP contribution in [-0.4, -0.2) is 15.0 Å². The van der Waals surface area contributed by atoms with Crippen molar-refractivity contribution in [3.05, 3.63) is 285 Å². The fraction of sp³-hybridized carbons (Fsp3) is 0.0274. The Balaban J connectivity index is 0.890. The molecule has 76 heavy (non-hydrogen) atoms. The second-order valence-electron chi connectivity index (χ2n) is 19.8. The molecule has 3 nitrogen and oxygen atoms in total. The molecule has 0 N–H and O–H groups in total. The highest BCUT2D eigenvalue weighted by molar-refractivity contribution is 6.08. The lowest BCUT2D eigenvalue weighted by Crippen LogP contribution is -1.92. The molecule has 13 aromatic rings. The monoisotopic (exact) mass is 969 g/mol. The largest absolute Gasteiger partial charge is 0.256 e. The first-order valence-corrected chi connectivity index (χ1v) is 25.9. The van der Waals surface area contributed by atoms with E-state index in [1.807, 2.05) is 24.7 Å². The molecule has 13 rings (SSSR count). The summed E-state index contributed by atoms with van der Waals surface area (Å²) in [7, 11) is 0. The molecule has 0 aliphatic carbocycles. The number of pyridine rings is 3. The summed E-state index contributed by atoms with van der Waals surface area (Å²) in [6.45, 7) is 4.18. The molecule has 0 saturated heterocycles. The normalized spacial score (nSPS) is 11.3. The molecule has 0 fully saturated rings. The van der Waals surface area contributed by atoms with E-state index in [0.717, 1.165) is 101 Å². The van der Waals surface area contributed by atoms with Crippen molar-refractivity contribution in [1.29, 1.82) is 0 Å². The van der Waals surface area contributed by atoms with E-state index in [1.54, 1.807) is 0 Å². The van der Waals surface area contributed by atoms with Gasteiger partial charge in [-0.1, -0.05) is 200 Å². The molecular weight excluding hydrogens is 919 g/mol. The predicted octanol–water partition coefficient (Wildman–Crippen LogP) is 19.5. The molecule has 0 amide bonds. The van der Waals surface area contributed by atoms with Crippen LogP contribution in [0, 0.1) is 13.8 Å². The number of nitrogens with zero attached hydrogens (tertiary/aromatic N) is 3. The third-order valence-corrected chi connectivity index (χ3v) is 14.8. The van der Waals surface area contributed by atoms with E-state index in [4.69, 9.17) is 9.97 Å². The van der Waals surface area contributed by atoms with Crippen molar-refractivity contribution in [2.24, 2.45) is 0 Å². The highest BCUT2D eigenvalue weighted by Gasteiger charge is 2.17. The number of aromatic nitrogens is 3. The maximum absolute atomic E-state index is 4.88. The Bertz CT molecular complexity index is 4270. The average Bonchev–Trinajstić information content (AvgIpc) is 3.51. The SMILES string of the molecule is Cc1ccc(-c2ccc(-c3ccccc3-c3cc(-c4ccccc4-c4ccc(-c5cc(C)ccn5)cc4)cc(-c4ccccc4-c4ccc(-c5cc(-c6ccc7c(ccc8ccccc87)c6)ccn5)cc4)c3)cc2)nc1. The van der Waals surface area contributed by atoms with Gasteiger partial charge in [0.05, 0.1) is 17.1 Å². The minimum absolute atomic E-state index is 0.938. The second-order valence-corrected chi connectivity index (χ2v) is 19.8. The van der Waals surface area contributed by atoms with Gasteiger partial charge in [0.25, 0.3) is 0 Å². The molecule has 0 saturated carbocycles. The lowest BCUT2D eigenvalue weighted by molar-refractivity contribution is 1.27. The molecule has 0 bridgehead atoms. The summed E-state index contributed by atoms with van der Waals surface area (Å²) in [6, 6.07) is 92.5. The first kappa shape index (κ1) is 46.0. The van der Waals surface area contributed by atoms with Crippen LogP contribution in [-0.2, 0) is 0 Å². The maximum atomic E-state index is 4.88. The lowest BCUT2D eigenvalue weighted by atomic mass is 9.86. The smallest absolute Gasteiger partial charge is 0.0708 e. The Hall–Kier alpha value is -9.83. The summed E-state index contributed by atoms with van der Waals surface area (Å²) in [6.07, 6.45) is 5.74. The minimum atomic E-state index is 0.938. The molecule has 3 aromatic heterocycles. The van der Waals surface area contributed by atoms with Gasteiger partial charge < -0.3 is 0 Å². The van der Waals surface area contributed by atoms with Crippen LogP contribution in [0.1, 0.15) is 11.1 Å². The van der Waals surface area contributed by atoms with Crippen LogP contribution >= 0.6 is 0 Å². The standard InChI is InChI=1S/C73H51N3/c1-48-37-39-74-72(41-48)55-29-22-52(23-30-55)65-14-6-9-17-68(65)61-43-60(67-16-8-5-13-64(67)51-20-27-54(28-21-51)71-36-19-49(2)47-76-71)44-62(45-61)69-18-10-7-15-66(69)53-24-31-56(32-25-53)73-46-58(38-40-75-73)57-34-35-70-59(42-57)33-26-50-11-3-4-12-63(50)70/h3-47H,1-2H3. The van der Waals surface area contributed by atoms with Gasteiger partial charge in [0.15, 0.2) is 0 Å². The van der Waals surface area contributed by atoms with Crippen LogP contribution in [0.2, 0.25) is 0 Å². The van der Waals surface area contributed by atoms with E-state index < -0.39 is 0 Å². The molecule has 3 heterocycles. The molecule has 0 spiro atoms. The summed E-state index contributed by atoms with van der Waals surface area (Å²) in [5, 5.41) is 5.02. The zero-order chi connectivity index (χ0) is 51.0. The highest BCUT2D eigenvalue weighted by Crippen LogP contribution is 2.43. The summed E-state index contributed by atoms with van der Waals surface area (Å²) >= 11 is 0. The number of hydrogen-bond acceptors (Lipinski definition) is 3. The molecule has 0 atom stereocenters. The van der Waals surface area contributed by atoms with Gasteiger partial charge in [0.1, 0.15) is 0 Å². The van der Waals surface area contributed by atoms with Gasteiger partial charge in [0.2, 0.25) is 0 Å².